The van der Waals surface area contributed by atoms with Gasteiger partial charge in [0.05, 0.1) is 5.57 Å². The maximum absolute atomic E-state index is 12.9. The minimum atomic E-state index is -0.424. The van der Waals surface area contributed by atoms with Crippen LogP contribution in [0, 0.1) is 12.3 Å². The summed E-state index contributed by atoms with van der Waals surface area (Å²) < 4.78 is 2.08. The third-order valence-corrected chi connectivity index (χ3v) is 7.05. The zero-order valence-corrected chi connectivity index (χ0v) is 19.8. The molecular weight excluding hydrogens is 454 g/mol. The van der Waals surface area contributed by atoms with E-state index in [0.29, 0.717) is 11.7 Å². The number of benzene rings is 3. The Morgan fingerprint density at radius 2 is 1.83 bits per heavy atom. The first-order valence-electron chi connectivity index (χ1n) is 11.3. The van der Waals surface area contributed by atoms with Gasteiger partial charge < -0.3 is 4.57 Å². The first-order chi connectivity index (χ1) is 17.1. The molecule has 1 aromatic heterocycles. The largest absolute Gasteiger partial charge is 0.344 e. The van der Waals surface area contributed by atoms with Gasteiger partial charge >= 0.3 is 0 Å². The highest BCUT2D eigenvalue weighted by Crippen LogP contribution is 2.31. The lowest BCUT2D eigenvalue weighted by atomic mass is 10.0. The van der Waals surface area contributed by atoms with Gasteiger partial charge in [0.25, 0.3) is 5.91 Å². The molecule has 170 valence electrons. The van der Waals surface area contributed by atoms with E-state index in [-0.39, 0.29) is 11.4 Å². The van der Waals surface area contributed by atoms with E-state index in [1.165, 1.54) is 33.1 Å². The molecule has 7 heteroatoms. The summed E-state index contributed by atoms with van der Waals surface area (Å²) in [7, 11) is 0. The zero-order chi connectivity index (χ0) is 23.9. The van der Waals surface area contributed by atoms with Gasteiger partial charge in [-0.15, -0.1) is 0 Å². The summed E-state index contributed by atoms with van der Waals surface area (Å²) in [6, 6.07) is 26.5. The van der Waals surface area contributed by atoms with E-state index in [1.54, 1.807) is 6.08 Å². The lowest BCUT2D eigenvalue weighted by Crippen LogP contribution is -2.35. The molecule has 0 bridgehead atoms. The number of rotatable bonds is 4. The number of hydrogen-bond donors (Lipinski definition) is 1. The average molecular weight is 476 g/mol. The van der Waals surface area contributed by atoms with Crippen molar-refractivity contribution in [1.82, 2.24) is 9.58 Å². The van der Waals surface area contributed by atoms with Gasteiger partial charge in [-0.25, -0.2) is 0 Å². The molecule has 0 spiro atoms. The highest BCUT2D eigenvalue weighted by molar-refractivity contribution is 8.27. The first kappa shape index (κ1) is 21.3. The zero-order valence-electron chi connectivity index (χ0n) is 19.0. The average Bonchev–Trinajstić information content (AvgIpc) is 3.49. The van der Waals surface area contributed by atoms with E-state index < -0.39 is 5.91 Å². The Bertz CT molecular complexity index is 1610. The summed E-state index contributed by atoms with van der Waals surface area (Å²) in [5, 5.41) is 18.3. The fraction of sp³-hybridized carbons (Fsp3) is 0.0714. The van der Waals surface area contributed by atoms with Crippen molar-refractivity contribution in [2.45, 2.75) is 13.5 Å². The van der Waals surface area contributed by atoms with E-state index in [4.69, 9.17) is 5.41 Å². The van der Waals surface area contributed by atoms with E-state index in [2.05, 4.69) is 45.0 Å². The number of aromatic nitrogens is 1. The number of nitrogens with zero attached hydrogens (tertiary/aromatic N) is 4. The van der Waals surface area contributed by atoms with Gasteiger partial charge in [0.1, 0.15) is 5.04 Å². The predicted molar refractivity (Wildman–Crippen MR) is 143 cm³/mol. The molecule has 0 atom stereocenters. The number of fused-ring (bicyclic) bond motifs is 2. The molecule has 0 saturated carbocycles. The predicted octanol–water partition coefficient (Wildman–Crippen LogP) is 5.67. The standard InChI is InChI=1S/C28H21N5OS/c1-18-7-4-10-20(15-18)27-31-33-25(29)24(26(34)30-28(33)35-27)16-22-12-6-14-32(22)17-21-11-5-9-19-8-2-3-13-23(19)21/h2-16,29H,17H2,1H3/b24-16-,29-25?. The van der Waals surface area contributed by atoms with Crippen LogP contribution in [0.1, 0.15) is 22.4 Å². The van der Waals surface area contributed by atoms with Gasteiger partial charge in [-0.3, -0.25) is 10.2 Å². The molecule has 0 radical (unpaired) electrons. The minimum Gasteiger partial charge on any atom is -0.344 e. The second-order valence-electron chi connectivity index (χ2n) is 8.49. The highest BCUT2D eigenvalue weighted by Gasteiger charge is 2.36. The maximum atomic E-state index is 12.9. The molecule has 3 aromatic carbocycles. The Morgan fingerprint density at radius 3 is 2.71 bits per heavy atom. The Kier molecular flexibility index (Phi) is 5.19. The van der Waals surface area contributed by atoms with E-state index in [0.717, 1.165) is 21.9 Å². The third-order valence-electron chi connectivity index (χ3n) is 6.10. The quantitative estimate of drug-likeness (QED) is 0.387. The number of amides is 1. The Morgan fingerprint density at radius 1 is 1.00 bits per heavy atom. The van der Waals surface area contributed by atoms with Crippen LogP contribution < -0.4 is 0 Å². The van der Waals surface area contributed by atoms with Gasteiger partial charge in [-0.05, 0) is 59.3 Å². The summed E-state index contributed by atoms with van der Waals surface area (Å²) in [5.74, 6) is -0.389. The van der Waals surface area contributed by atoms with Gasteiger partial charge in [0, 0.05) is 24.0 Å². The molecule has 2 aliphatic heterocycles. The number of carbonyl (C=O) groups excluding carboxylic acids is 1. The molecule has 0 unspecified atom stereocenters. The van der Waals surface area contributed by atoms with Gasteiger partial charge in [0.15, 0.2) is 5.84 Å². The van der Waals surface area contributed by atoms with Crippen molar-refractivity contribution in [2.24, 2.45) is 10.1 Å². The molecule has 0 aliphatic carbocycles. The number of carbonyl (C=O) groups is 1. The molecule has 2 aliphatic rings. The van der Waals surface area contributed by atoms with Crippen molar-refractivity contribution < 1.29 is 4.79 Å². The number of nitrogens with one attached hydrogen (secondary N) is 1. The van der Waals surface area contributed by atoms with Crippen LogP contribution in [0.2, 0.25) is 0 Å². The van der Waals surface area contributed by atoms with Gasteiger partial charge in [-0.2, -0.15) is 15.1 Å². The number of thioether (sulfide) groups is 1. The Balaban J connectivity index is 1.32. The molecule has 1 amide bonds. The molecule has 6 nitrogen and oxygen atoms in total. The van der Waals surface area contributed by atoms with Crippen molar-refractivity contribution in [2.75, 3.05) is 0 Å². The van der Waals surface area contributed by atoms with Crippen molar-refractivity contribution in [3.05, 3.63) is 113 Å². The number of aliphatic imine (C=N–C) groups is 1. The maximum Gasteiger partial charge on any atom is 0.283 e. The van der Waals surface area contributed by atoms with Crippen LogP contribution in [0.15, 0.2) is 101 Å². The summed E-state index contributed by atoms with van der Waals surface area (Å²) in [6.07, 6.45) is 3.72. The normalized spacial score (nSPS) is 16.6. The van der Waals surface area contributed by atoms with Crippen LogP contribution in [0.25, 0.3) is 16.8 Å². The van der Waals surface area contributed by atoms with Crippen LogP contribution in [0.3, 0.4) is 0 Å². The van der Waals surface area contributed by atoms with Crippen molar-refractivity contribution in [3.63, 3.8) is 0 Å². The van der Waals surface area contributed by atoms with Crippen LogP contribution in [-0.2, 0) is 11.3 Å². The number of amidine groups is 2. The number of hydrazone groups is 1. The second kappa shape index (κ2) is 8.52. The van der Waals surface area contributed by atoms with E-state index in [9.17, 15) is 4.79 Å². The summed E-state index contributed by atoms with van der Waals surface area (Å²) >= 11 is 1.31. The Labute approximate surface area is 206 Å². The molecule has 3 heterocycles. The van der Waals surface area contributed by atoms with Crippen LogP contribution in [-0.4, -0.2) is 31.5 Å². The highest BCUT2D eigenvalue weighted by atomic mass is 32.2. The monoisotopic (exact) mass is 475 g/mol. The van der Waals surface area contributed by atoms with Gasteiger partial charge in [-0.1, -0.05) is 66.2 Å². The first-order valence-corrected chi connectivity index (χ1v) is 12.1. The van der Waals surface area contributed by atoms with Gasteiger partial charge in [0.2, 0.25) is 5.17 Å². The molecule has 1 N–H and O–H groups in total. The molecule has 4 aromatic rings. The SMILES string of the molecule is Cc1cccc(C2=NN3C(=N)/C(=C/c4cccn4Cc4cccc5ccccc45)C(=O)N=C3S2)c1. The third kappa shape index (κ3) is 3.90. The van der Waals surface area contributed by atoms with Crippen molar-refractivity contribution >= 4 is 50.6 Å². The van der Waals surface area contributed by atoms with Crippen LogP contribution in [0.5, 0.6) is 0 Å². The fourth-order valence-electron chi connectivity index (χ4n) is 4.35. The molecular formula is C28H21N5OS. The summed E-state index contributed by atoms with van der Waals surface area (Å²) in [6.45, 7) is 2.67. The topological polar surface area (TPSA) is 73.8 Å². The number of hydrogen-bond acceptors (Lipinski definition) is 4. The van der Waals surface area contributed by atoms with Crippen LogP contribution in [0.4, 0.5) is 0 Å². The van der Waals surface area contributed by atoms with E-state index >= 15 is 0 Å². The molecule has 0 saturated heterocycles. The lowest BCUT2D eigenvalue weighted by Gasteiger charge is -2.20. The molecule has 0 fully saturated rings. The summed E-state index contributed by atoms with van der Waals surface area (Å²) in [5.41, 5.74) is 4.31. The van der Waals surface area contributed by atoms with Crippen molar-refractivity contribution in [1.29, 1.82) is 5.41 Å². The summed E-state index contributed by atoms with van der Waals surface area (Å²) in [4.78, 5) is 17.2. The van der Waals surface area contributed by atoms with Crippen LogP contribution >= 0.6 is 11.8 Å². The fourth-order valence-corrected chi connectivity index (χ4v) is 5.24. The lowest BCUT2D eigenvalue weighted by molar-refractivity contribution is -0.114. The second-order valence-corrected chi connectivity index (χ2v) is 9.45. The Hall–Kier alpha value is -4.23. The van der Waals surface area contributed by atoms with E-state index in [1.807, 2.05) is 61.7 Å². The smallest absolute Gasteiger partial charge is 0.283 e. The van der Waals surface area contributed by atoms with Crippen molar-refractivity contribution in [3.8, 4) is 0 Å². The minimum absolute atomic E-state index is 0.0352. The number of aryl methyl sites for hydroxylation is 1. The molecule has 35 heavy (non-hydrogen) atoms. The molecule has 6 rings (SSSR count).